The topological polar surface area (TPSA) is 41.3 Å². The smallest absolute Gasteiger partial charge is 0.0678 e. The molecule has 0 aromatic rings. The largest absolute Gasteiger partial charge is 0.315 e. The highest BCUT2D eigenvalue weighted by Crippen LogP contribution is 2.13. The van der Waals surface area contributed by atoms with E-state index in [0.717, 1.165) is 19.6 Å². The molecule has 0 aliphatic carbocycles. The van der Waals surface area contributed by atoms with E-state index >= 15 is 0 Å². The molecule has 0 aromatic carbocycles. The number of nitrogens with one attached hydrogen (secondary N) is 1. The Hall–Kier alpha value is -0.120. The molecule has 0 bridgehead atoms. The fourth-order valence-electron chi connectivity index (χ4n) is 1.39. The first kappa shape index (κ1) is 8.97. The summed E-state index contributed by atoms with van der Waals surface area (Å²) in [6, 6.07) is 0. The molecule has 1 unspecified atom stereocenters. The van der Waals surface area contributed by atoms with Crippen molar-refractivity contribution in [2.75, 3.05) is 19.6 Å². The number of rotatable bonds is 0. The van der Waals surface area contributed by atoms with Crippen molar-refractivity contribution in [3.63, 3.8) is 0 Å². The first-order valence-corrected chi connectivity index (χ1v) is 4.24. The standard InChI is InChI=1S/C8H19N3/c1-8(2,3)11-5-4-10-7(9)6-11/h7,10H,4-6,9H2,1-3H3. The molecule has 1 atom stereocenters. The van der Waals surface area contributed by atoms with Crippen molar-refractivity contribution in [1.82, 2.24) is 10.2 Å². The molecule has 1 heterocycles. The lowest BCUT2D eigenvalue weighted by Crippen LogP contribution is -2.59. The van der Waals surface area contributed by atoms with E-state index in [0.29, 0.717) is 0 Å². The molecule has 0 amide bonds. The van der Waals surface area contributed by atoms with Crippen LogP contribution in [0.4, 0.5) is 0 Å². The minimum atomic E-state index is 0.156. The van der Waals surface area contributed by atoms with Crippen molar-refractivity contribution >= 4 is 0 Å². The highest BCUT2D eigenvalue weighted by atomic mass is 15.3. The zero-order valence-corrected chi connectivity index (χ0v) is 7.72. The second-order valence-electron chi connectivity index (χ2n) is 4.18. The molecule has 1 aliphatic rings. The molecule has 11 heavy (non-hydrogen) atoms. The summed E-state index contributed by atoms with van der Waals surface area (Å²) in [6.07, 6.45) is 0.156. The average molecular weight is 157 g/mol. The fraction of sp³-hybridized carbons (Fsp3) is 1.00. The zero-order chi connectivity index (χ0) is 8.48. The monoisotopic (exact) mass is 157 g/mol. The Balaban J connectivity index is 2.46. The molecule has 0 radical (unpaired) electrons. The summed E-state index contributed by atoms with van der Waals surface area (Å²) >= 11 is 0. The minimum absolute atomic E-state index is 0.156. The van der Waals surface area contributed by atoms with Gasteiger partial charge in [0.05, 0.1) is 6.17 Å². The van der Waals surface area contributed by atoms with Crippen LogP contribution in [-0.4, -0.2) is 36.2 Å². The van der Waals surface area contributed by atoms with Crippen LogP contribution >= 0.6 is 0 Å². The van der Waals surface area contributed by atoms with Crippen LogP contribution in [0.5, 0.6) is 0 Å². The molecule has 0 spiro atoms. The van der Waals surface area contributed by atoms with E-state index in [9.17, 15) is 0 Å². The quantitative estimate of drug-likeness (QED) is 0.519. The third-order valence-corrected chi connectivity index (χ3v) is 2.15. The molecule has 0 aromatic heterocycles. The summed E-state index contributed by atoms with van der Waals surface area (Å²) < 4.78 is 0. The van der Waals surface area contributed by atoms with Gasteiger partial charge in [0.2, 0.25) is 0 Å². The van der Waals surface area contributed by atoms with Gasteiger partial charge in [-0.25, -0.2) is 0 Å². The lowest BCUT2D eigenvalue weighted by atomic mass is 10.0. The van der Waals surface area contributed by atoms with Crippen LogP contribution in [0, 0.1) is 0 Å². The van der Waals surface area contributed by atoms with E-state index in [-0.39, 0.29) is 11.7 Å². The Kier molecular flexibility index (Phi) is 2.52. The van der Waals surface area contributed by atoms with Crippen molar-refractivity contribution in [3.05, 3.63) is 0 Å². The number of hydrogen-bond acceptors (Lipinski definition) is 3. The highest BCUT2D eigenvalue weighted by Gasteiger charge is 2.25. The van der Waals surface area contributed by atoms with E-state index < -0.39 is 0 Å². The second-order valence-corrected chi connectivity index (χ2v) is 4.18. The molecule has 3 heteroatoms. The highest BCUT2D eigenvalue weighted by molar-refractivity contribution is 4.83. The van der Waals surface area contributed by atoms with E-state index in [1.165, 1.54) is 0 Å². The maximum atomic E-state index is 5.77. The Bertz CT molecular complexity index is 128. The van der Waals surface area contributed by atoms with Gasteiger partial charge >= 0.3 is 0 Å². The Morgan fingerprint density at radius 3 is 2.45 bits per heavy atom. The van der Waals surface area contributed by atoms with Gasteiger partial charge in [-0.15, -0.1) is 0 Å². The maximum absolute atomic E-state index is 5.77. The Labute approximate surface area is 68.9 Å². The van der Waals surface area contributed by atoms with E-state index in [2.05, 4.69) is 31.0 Å². The normalized spacial score (nSPS) is 28.9. The molecule has 1 rings (SSSR count). The number of nitrogens with two attached hydrogens (primary N) is 1. The van der Waals surface area contributed by atoms with Crippen LogP contribution in [-0.2, 0) is 0 Å². The first-order chi connectivity index (χ1) is 5.00. The van der Waals surface area contributed by atoms with Gasteiger partial charge in [0, 0.05) is 25.2 Å². The molecule has 66 valence electrons. The summed E-state index contributed by atoms with van der Waals surface area (Å²) in [5, 5.41) is 3.22. The molecule has 3 nitrogen and oxygen atoms in total. The first-order valence-electron chi connectivity index (χ1n) is 4.24. The summed E-state index contributed by atoms with van der Waals surface area (Å²) in [5.41, 5.74) is 6.03. The van der Waals surface area contributed by atoms with Crippen molar-refractivity contribution in [3.8, 4) is 0 Å². The molecule has 0 saturated carbocycles. The van der Waals surface area contributed by atoms with Crippen molar-refractivity contribution in [2.45, 2.75) is 32.5 Å². The van der Waals surface area contributed by atoms with Gasteiger partial charge in [-0.1, -0.05) is 0 Å². The van der Waals surface area contributed by atoms with Crippen molar-refractivity contribution < 1.29 is 0 Å². The molecule has 1 saturated heterocycles. The zero-order valence-electron chi connectivity index (χ0n) is 7.72. The maximum Gasteiger partial charge on any atom is 0.0678 e. The Morgan fingerprint density at radius 2 is 2.09 bits per heavy atom. The fourth-order valence-corrected chi connectivity index (χ4v) is 1.39. The van der Waals surface area contributed by atoms with Crippen LogP contribution in [0.1, 0.15) is 20.8 Å². The lowest BCUT2D eigenvalue weighted by Gasteiger charge is -2.40. The molecular weight excluding hydrogens is 138 g/mol. The van der Waals surface area contributed by atoms with Crippen LogP contribution in [0.2, 0.25) is 0 Å². The van der Waals surface area contributed by atoms with Gasteiger partial charge in [0.25, 0.3) is 0 Å². The van der Waals surface area contributed by atoms with Crippen LogP contribution in [0.25, 0.3) is 0 Å². The number of hydrogen-bond donors (Lipinski definition) is 2. The van der Waals surface area contributed by atoms with E-state index in [4.69, 9.17) is 5.73 Å². The minimum Gasteiger partial charge on any atom is -0.315 e. The third kappa shape index (κ3) is 2.43. The summed E-state index contributed by atoms with van der Waals surface area (Å²) in [7, 11) is 0. The van der Waals surface area contributed by atoms with Gasteiger partial charge in [0.15, 0.2) is 0 Å². The molecular formula is C8H19N3. The SMILES string of the molecule is CC(C)(C)N1CCNC(N)C1. The van der Waals surface area contributed by atoms with E-state index in [1.54, 1.807) is 0 Å². The summed E-state index contributed by atoms with van der Waals surface area (Å²) in [4.78, 5) is 2.41. The lowest BCUT2D eigenvalue weighted by molar-refractivity contribution is 0.0972. The van der Waals surface area contributed by atoms with Gasteiger partial charge in [-0.3, -0.25) is 10.2 Å². The van der Waals surface area contributed by atoms with Crippen LogP contribution < -0.4 is 11.1 Å². The number of piperazine rings is 1. The van der Waals surface area contributed by atoms with Crippen molar-refractivity contribution in [2.24, 2.45) is 5.73 Å². The van der Waals surface area contributed by atoms with Gasteiger partial charge in [0.1, 0.15) is 0 Å². The Morgan fingerprint density at radius 1 is 1.45 bits per heavy atom. The van der Waals surface area contributed by atoms with Crippen molar-refractivity contribution in [1.29, 1.82) is 0 Å². The molecule has 1 aliphatic heterocycles. The summed E-state index contributed by atoms with van der Waals surface area (Å²) in [5.74, 6) is 0. The second kappa shape index (κ2) is 3.09. The van der Waals surface area contributed by atoms with Gasteiger partial charge in [-0.05, 0) is 20.8 Å². The third-order valence-electron chi connectivity index (χ3n) is 2.15. The molecule has 3 N–H and O–H groups in total. The number of nitrogens with zero attached hydrogens (tertiary/aromatic N) is 1. The van der Waals surface area contributed by atoms with Crippen LogP contribution in [0.15, 0.2) is 0 Å². The van der Waals surface area contributed by atoms with Gasteiger partial charge < -0.3 is 5.73 Å². The average Bonchev–Trinajstić information content (AvgIpc) is 1.86. The predicted molar refractivity (Wildman–Crippen MR) is 47.3 cm³/mol. The predicted octanol–water partition coefficient (Wildman–Crippen LogP) is -0.0251. The van der Waals surface area contributed by atoms with E-state index in [1.807, 2.05) is 0 Å². The van der Waals surface area contributed by atoms with Crippen LogP contribution in [0.3, 0.4) is 0 Å². The van der Waals surface area contributed by atoms with Gasteiger partial charge in [-0.2, -0.15) is 0 Å². The summed E-state index contributed by atoms with van der Waals surface area (Å²) in [6.45, 7) is 9.76. The molecule has 1 fully saturated rings.